The third-order valence-corrected chi connectivity index (χ3v) is 5.95. The molecule has 1 heterocycles. The van der Waals surface area contributed by atoms with E-state index in [0.717, 1.165) is 0 Å². The molecule has 1 aliphatic heterocycles. The average molecular weight is 339 g/mol. The summed E-state index contributed by atoms with van der Waals surface area (Å²) >= 11 is 12.2. The van der Waals surface area contributed by atoms with Crippen LogP contribution in [0.15, 0.2) is 18.2 Å². The molecule has 2 rings (SSSR count). The molecule has 0 aromatic heterocycles. The molecule has 1 aromatic carbocycles. The minimum atomic E-state index is -3.49. The maximum atomic E-state index is 12.3. The number of rotatable bonds is 4. The van der Waals surface area contributed by atoms with Gasteiger partial charge in [0.15, 0.2) is 0 Å². The van der Waals surface area contributed by atoms with Crippen LogP contribution in [0.1, 0.15) is 18.5 Å². The van der Waals surface area contributed by atoms with Crippen LogP contribution in [0.4, 0.5) is 0 Å². The minimum absolute atomic E-state index is 0.0827. The second-order valence-electron chi connectivity index (χ2n) is 4.51. The summed E-state index contributed by atoms with van der Waals surface area (Å²) in [5.74, 6) is 0. The van der Waals surface area contributed by atoms with Gasteiger partial charge in [0.1, 0.15) is 5.25 Å². The van der Waals surface area contributed by atoms with Crippen molar-refractivity contribution in [1.29, 1.82) is 0 Å². The van der Waals surface area contributed by atoms with Gasteiger partial charge >= 0.3 is 0 Å². The Labute approximate surface area is 128 Å². The van der Waals surface area contributed by atoms with Crippen molar-refractivity contribution < 1.29 is 13.3 Å². The Balaban J connectivity index is 2.44. The molecule has 0 aliphatic carbocycles. The number of sulfonamides is 1. The Kier molecular flexibility index (Phi) is 4.94. The number of nitrogens with one attached hydrogen (secondary N) is 1. The Morgan fingerprint density at radius 2 is 2.15 bits per heavy atom. The van der Waals surface area contributed by atoms with Crippen LogP contribution in [-0.2, 0) is 14.9 Å². The Morgan fingerprint density at radius 3 is 2.80 bits per heavy atom. The van der Waals surface area contributed by atoms with E-state index in [9.17, 15) is 8.42 Å². The highest BCUT2D eigenvalue weighted by atomic mass is 35.5. The number of nitrogens with zero attached hydrogens (tertiary/aromatic N) is 1. The van der Waals surface area contributed by atoms with Gasteiger partial charge in [-0.25, -0.2) is 13.1 Å². The molecule has 1 saturated heterocycles. The van der Waals surface area contributed by atoms with E-state index >= 15 is 0 Å². The third-order valence-electron chi connectivity index (χ3n) is 3.23. The first kappa shape index (κ1) is 16.0. The topological polar surface area (TPSA) is 58.6 Å². The summed E-state index contributed by atoms with van der Waals surface area (Å²) in [7, 11) is -1.80. The van der Waals surface area contributed by atoms with Gasteiger partial charge in [0, 0.05) is 13.6 Å². The summed E-state index contributed by atoms with van der Waals surface area (Å²) in [4.78, 5) is 5.37. The van der Waals surface area contributed by atoms with Crippen molar-refractivity contribution in [2.75, 3.05) is 20.2 Å². The first-order valence-corrected chi connectivity index (χ1v) is 8.46. The number of halogens is 2. The normalized spacial score (nSPS) is 24.2. The highest BCUT2D eigenvalue weighted by Gasteiger charge is 2.43. The highest BCUT2D eigenvalue weighted by Crippen LogP contribution is 2.39. The van der Waals surface area contributed by atoms with E-state index in [1.54, 1.807) is 32.2 Å². The standard InChI is InChI=1S/C12H16Cl2N2O3S/c1-3-15-20(17,18)10-7-19-16(2)12(10)8-5-4-6-9(13)11(8)14/h4-6,10,12,15H,3,7H2,1-2H3/t10-,12-/m1/s1. The predicted molar refractivity (Wildman–Crippen MR) is 79.3 cm³/mol. The van der Waals surface area contributed by atoms with Crippen molar-refractivity contribution >= 4 is 33.2 Å². The molecule has 1 aromatic rings. The average Bonchev–Trinajstić information content (AvgIpc) is 2.75. The fraction of sp³-hybridized carbons (Fsp3) is 0.500. The molecule has 0 radical (unpaired) electrons. The molecule has 112 valence electrons. The molecule has 0 amide bonds. The molecule has 1 N–H and O–H groups in total. The van der Waals surface area contributed by atoms with Gasteiger partial charge < -0.3 is 0 Å². The fourth-order valence-electron chi connectivity index (χ4n) is 2.31. The van der Waals surface area contributed by atoms with Crippen molar-refractivity contribution in [3.05, 3.63) is 33.8 Å². The summed E-state index contributed by atoms with van der Waals surface area (Å²) in [6.07, 6.45) is 0. The maximum absolute atomic E-state index is 12.3. The molecule has 0 bridgehead atoms. The molecule has 2 atom stereocenters. The van der Waals surface area contributed by atoms with Crippen LogP contribution in [-0.4, -0.2) is 38.9 Å². The Hall–Kier alpha value is -0.370. The van der Waals surface area contributed by atoms with Crippen molar-refractivity contribution in [2.24, 2.45) is 0 Å². The fourth-order valence-corrected chi connectivity index (χ4v) is 4.24. The van der Waals surface area contributed by atoms with Gasteiger partial charge in [0.25, 0.3) is 0 Å². The van der Waals surface area contributed by atoms with Crippen molar-refractivity contribution in [3.63, 3.8) is 0 Å². The third kappa shape index (κ3) is 2.95. The molecule has 1 aliphatic rings. The van der Waals surface area contributed by atoms with Gasteiger partial charge in [-0.2, -0.15) is 5.06 Å². The lowest BCUT2D eigenvalue weighted by molar-refractivity contribution is -0.110. The lowest BCUT2D eigenvalue weighted by Crippen LogP contribution is -2.39. The zero-order valence-electron chi connectivity index (χ0n) is 11.1. The molecule has 0 unspecified atom stereocenters. The van der Waals surface area contributed by atoms with E-state index in [-0.39, 0.29) is 6.61 Å². The van der Waals surface area contributed by atoms with E-state index in [1.165, 1.54) is 5.06 Å². The van der Waals surface area contributed by atoms with Crippen LogP contribution in [0.2, 0.25) is 10.0 Å². The van der Waals surface area contributed by atoms with Gasteiger partial charge in [0.05, 0.1) is 22.7 Å². The van der Waals surface area contributed by atoms with Gasteiger partial charge in [0.2, 0.25) is 10.0 Å². The molecule has 5 nitrogen and oxygen atoms in total. The van der Waals surface area contributed by atoms with Gasteiger partial charge in [-0.05, 0) is 11.6 Å². The highest BCUT2D eigenvalue weighted by molar-refractivity contribution is 7.90. The summed E-state index contributed by atoms with van der Waals surface area (Å²) in [6.45, 7) is 2.15. The number of benzene rings is 1. The summed E-state index contributed by atoms with van der Waals surface area (Å²) in [5, 5.41) is 1.53. The molecule has 1 fully saturated rings. The smallest absolute Gasteiger partial charge is 0.218 e. The van der Waals surface area contributed by atoms with E-state index < -0.39 is 21.3 Å². The van der Waals surface area contributed by atoms with Crippen LogP contribution >= 0.6 is 23.2 Å². The summed E-state index contributed by atoms with van der Waals surface area (Å²) in [5.41, 5.74) is 0.644. The molecule has 0 spiro atoms. The zero-order chi connectivity index (χ0) is 14.9. The van der Waals surface area contributed by atoms with Crippen LogP contribution < -0.4 is 4.72 Å². The van der Waals surface area contributed by atoms with E-state index in [4.69, 9.17) is 28.0 Å². The lowest BCUT2D eigenvalue weighted by atomic mass is 10.0. The number of hydrogen-bond acceptors (Lipinski definition) is 4. The molecule has 0 saturated carbocycles. The predicted octanol–water partition coefficient (Wildman–Crippen LogP) is 2.22. The van der Waals surface area contributed by atoms with Crippen molar-refractivity contribution in [1.82, 2.24) is 9.79 Å². The van der Waals surface area contributed by atoms with Gasteiger partial charge in [-0.3, -0.25) is 4.84 Å². The summed E-state index contributed by atoms with van der Waals surface area (Å²) < 4.78 is 27.0. The largest absolute Gasteiger partial charge is 0.297 e. The van der Waals surface area contributed by atoms with E-state index in [2.05, 4.69) is 4.72 Å². The zero-order valence-corrected chi connectivity index (χ0v) is 13.5. The second kappa shape index (κ2) is 6.17. The molecular weight excluding hydrogens is 323 g/mol. The minimum Gasteiger partial charge on any atom is -0.297 e. The van der Waals surface area contributed by atoms with Crippen molar-refractivity contribution in [2.45, 2.75) is 18.2 Å². The maximum Gasteiger partial charge on any atom is 0.218 e. The van der Waals surface area contributed by atoms with E-state index in [0.29, 0.717) is 22.2 Å². The van der Waals surface area contributed by atoms with Crippen molar-refractivity contribution in [3.8, 4) is 0 Å². The quantitative estimate of drug-likeness (QED) is 0.914. The number of hydroxylamine groups is 2. The van der Waals surface area contributed by atoms with Crippen LogP contribution in [0.25, 0.3) is 0 Å². The lowest BCUT2D eigenvalue weighted by Gasteiger charge is -2.24. The molecule has 20 heavy (non-hydrogen) atoms. The van der Waals surface area contributed by atoms with Crippen LogP contribution in [0, 0.1) is 0 Å². The second-order valence-corrected chi connectivity index (χ2v) is 7.28. The first-order chi connectivity index (χ1) is 9.38. The van der Waals surface area contributed by atoms with Crippen LogP contribution in [0.3, 0.4) is 0 Å². The molecular formula is C12H16Cl2N2O3S. The Morgan fingerprint density at radius 1 is 1.45 bits per heavy atom. The summed E-state index contributed by atoms with van der Waals surface area (Å²) in [6, 6.07) is 4.67. The molecule has 8 heteroatoms. The Bertz CT molecular complexity index is 594. The number of hydrogen-bond donors (Lipinski definition) is 1. The van der Waals surface area contributed by atoms with Gasteiger partial charge in [-0.1, -0.05) is 42.3 Å². The van der Waals surface area contributed by atoms with E-state index in [1.807, 2.05) is 0 Å². The SMILES string of the molecule is CCNS(=O)(=O)[C@@H]1CON(C)[C@@H]1c1cccc(Cl)c1Cl. The van der Waals surface area contributed by atoms with Crippen LogP contribution in [0.5, 0.6) is 0 Å². The first-order valence-electron chi connectivity index (χ1n) is 6.16. The monoisotopic (exact) mass is 338 g/mol. The van der Waals surface area contributed by atoms with Gasteiger partial charge in [-0.15, -0.1) is 0 Å².